The standard InChI is InChI=1S/C16H25NO.C15H23NO.C12H15NO2.C11H18N2O.C10H14ClNO.C10H14O3/c1-10(2)16(18)17(3)15-9-11-8-14(15)13-7-5-4-6-12(11)13;1-3-15(17)16(2)14-9-10-8-13(14)12-7-5-4-6-11(10)12;1-7(2)12(14)15-11-5-8-3-9(11)4-10(8)6-13;1-6(2)11(14)13-10-5-7-3-8(10)4-9(7)12;1-2-10(13)12-9-5-6-3-7(9)4-8(6)11;1-2-10(12)13-9-5-6-3-7(9)4-8(6)11/h11-15H,1,4-9H2,2-3H3;3,10-14H,1,4-9H2,2H3;8-11H,1,3-5H2,2H3;7-10H,1,3-5,12H2,2H3,(H,13,14);2,6-9H,1,3-5H2,(H,12,13);2,6-9,11H,1,3-5H2. The third kappa shape index (κ3) is 15.6. The van der Waals surface area contributed by atoms with Crippen LogP contribution >= 0.6 is 11.6 Å². The molecule has 0 saturated heterocycles. The SMILES string of the molecule is C=C(C)C(=O)N(C)C1CC2CC1C1CCCCC21.C=C(C)C(=O)NC1CC2CC1CC2N.C=C(C)C(=O)OC1CC2CC1CC2C#N.C=CC(=O)N(C)C1CC2CC1C1CCCCC21.C=CC(=O)NC1CC2CC1CC2Cl.C=CC(=O)OC1CC2CC1CC2O. The van der Waals surface area contributed by atoms with Crippen molar-refractivity contribution in [2.45, 2.75) is 229 Å². The van der Waals surface area contributed by atoms with Crippen molar-refractivity contribution in [3.8, 4) is 6.07 Å². The zero-order chi connectivity index (χ0) is 65.0. The van der Waals surface area contributed by atoms with Crippen LogP contribution in [0.4, 0.5) is 0 Å². The lowest BCUT2D eigenvalue weighted by molar-refractivity contribution is -0.147. The number of hydrogen-bond donors (Lipinski definition) is 4. The van der Waals surface area contributed by atoms with Gasteiger partial charge in [-0.1, -0.05) is 65.2 Å². The normalized spacial score (nSPS) is 41.0. The van der Waals surface area contributed by atoms with Crippen molar-refractivity contribution in [3.05, 3.63) is 74.4 Å². The minimum absolute atomic E-state index is 0.00359. The van der Waals surface area contributed by atoms with Crippen LogP contribution in [0, 0.1) is 112 Å². The van der Waals surface area contributed by atoms with Crippen LogP contribution in [0.5, 0.6) is 0 Å². The number of carbonyl (C=O) groups excluding carboxylic acids is 6. The first kappa shape index (κ1) is 69.3. The minimum Gasteiger partial charge on any atom is -0.459 e. The molecule has 0 spiro atoms. The maximum absolute atomic E-state index is 12.1. The molecule has 12 bridgehead atoms. The Morgan fingerprint density at radius 3 is 1.50 bits per heavy atom. The summed E-state index contributed by atoms with van der Waals surface area (Å²) in [6.45, 7) is 26.6. The minimum atomic E-state index is -0.341. The second-order valence-electron chi connectivity index (χ2n) is 30.5. The maximum Gasteiger partial charge on any atom is 0.333 e. The van der Waals surface area contributed by atoms with Crippen LogP contribution in [0.1, 0.15) is 175 Å². The molecule has 4 amide bonds. The molecular weight excluding hydrogens is 1150 g/mol. The summed E-state index contributed by atoms with van der Waals surface area (Å²) in [6.07, 6.45) is 32.7. The molecule has 14 aliphatic carbocycles. The fourth-order valence-corrected chi connectivity index (χ4v) is 21.2. The van der Waals surface area contributed by atoms with Gasteiger partial charge in [0, 0.05) is 78.4 Å². The molecule has 0 aliphatic heterocycles. The van der Waals surface area contributed by atoms with E-state index >= 15 is 0 Å². The van der Waals surface area contributed by atoms with Crippen LogP contribution in [0.2, 0.25) is 0 Å². The quantitative estimate of drug-likeness (QED) is 0.0817. The molecule has 0 aromatic heterocycles. The number of nitrogens with one attached hydrogen (secondary N) is 2. The lowest BCUT2D eigenvalue weighted by Crippen LogP contribution is -2.45. The first-order chi connectivity index (χ1) is 42.9. The predicted molar refractivity (Wildman–Crippen MR) is 351 cm³/mol. The molecule has 14 rings (SSSR count). The number of carbonyl (C=O) groups is 6. The summed E-state index contributed by atoms with van der Waals surface area (Å²) >= 11 is 6.11. The molecule has 0 aromatic rings. The van der Waals surface area contributed by atoms with E-state index in [1.165, 1.54) is 108 Å². The number of amides is 4. The summed E-state index contributed by atoms with van der Waals surface area (Å²) < 4.78 is 10.5. The molecule has 16 heteroatoms. The Kier molecular flexibility index (Phi) is 23.4. The van der Waals surface area contributed by atoms with Crippen molar-refractivity contribution in [3.63, 3.8) is 0 Å². The van der Waals surface area contributed by atoms with Crippen molar-refractivity contribution >= 4 is 47.2 Å². The Morgan fingerprint density at radius 2 is 1.06 bits per heavy atom. The second-order valence-corrected chi connectivity index (χ2v) is 31.0. The fourth-order valence-electron chi connectivity index (χ4n) is 20.8. The highest BCUT2D eigenvalue weighted by molar-refractivity contribution is 6.21. The third-order valence-electron chi connectivity index (χ3n) is 25.1. The Labute approximate surface area is 543 Å². The van der Waals surface area contributed by atoms with E-state index < -0.39 is 0 Å². The van der Waals surface area contributed by atoms with E-state index in [2.05, 4.69) is 56.2 Å². The number of hydrogen-bond acceptors (Lipinski definition) is 11. The van der Waals surface area contributed by atoms with E-state index in [0.29, 0.717) is 99.6 Å². The fraction of sp³-hybridized carbons (Fsp3) is 0.743. The number of aliphatic hydroxyl groups is 1. The smallest absolute Gasteiger partial charge is 0.333 e. The first-order valence-electron chi connectivity index (χ1n) is 34.8. The Hall–Kier alpha value is -5.04. The van der Waals surface area contributed by atoms with Gasteiger partial charge in [0.25, 0.3) is 0 Å². The molecule has 26 unspecified atom stereocenters. The number of halogens is 1. The molecule has 15 nitrogen and oxygen atoms in total. The van der Waals surface area contributed by atoms with Crippen molar-refractivity contribution in [1.82, 2.24) is 20.4 Å². The molecular formula is C74H109ClN6O9. The number of esters is 2. The molecule has 26 atom stereocenters. The average Bonchev–Trinajstić information content (AvgIpc) is 1.64. The molecule has 5 N–H and O–H groups in total. The largest absolute Gasteiger partial charge is 0.459 e. The summed E-state index contributed by atoms with van der Waals surface area (Å²) in [5.41, 5.74) is 7.67. The molecule has 0 heterocycles. The van der Waals surface area contributed by atoms with E-state index in [1.54, 1.807) is 13.8 Å². The molecule has 496 valence electrons. The van der Waals surface area contributed by atoms with Gasteiger partial charge in [-0.15, -0.1) is 11.6 Å². The van der Waals surface area contributed by atoms with Crippen LogP contribution < -0.4 is 16.4 Å². The third-order valence-corrected chi connectivity index (χ3v) is 25.7. The van der Waals surface area contributed by atoms with Crippen molar-refractivity contribution < 1.29 is 43.3 Å². The summed E-state index contributed by atoms with van der Waals surface area (Å²) in [6, 6.07) is 4.41. The zero-order valence-electron chi connectivity index (χ0n) is 55.0. The van der Waals surface area contributed by atoms with E-state index in [-0.39, 0.29) is 59.8 Å². The van der Waals surface area contributed by atoms with Gasteiger partial charge >= 0.3 is 11.9 Å². The molecule has 90 heavy (non-hydrogen) atoms. The van der Waals surface area contributed by atoms with Gasteiger partial charge in [-0.05, 0) is 256 Å². The molecule has 0 radical (unpaired) electrons. The van der Waals surface area contributed by atoms with E-state index in [0.717, 1.165) is 112 Å². The number of ether oxygens (including phenoxy) is 2. The molecule has 14 saturated carbocycles. The van der Waals surface area contributed by atoms with Crippen LogP contribution in [0.3, 0.4) is 0 Å². The monoisotopic (exact) mass is 1260 g/mol. The summed E-state index contributed by atoms with van der Waals surface area (Å²) in [4.78, 5) is 72.5. The molecule has 14 aliphatic rings. The second kappa shape index (κ2) is 30.4. The van der Waals surface area contributed by atoms with Gasteiger partial charge < -0.3 is 40.7 Å². The average molecular weight is 1260 g/mol. The number of likely N-dealkylation sites (N-methyl/N-ethyl adjacent to an activating group) is 2. The van der Waals surface area contributed by atoms with Crippen LogP contribution in [-0.2, 0) is 38.2 Å². The number of alkyl halides is 1. The summed E-state index contributed by atoms with van der Waals surface area (Å²) in [7, 11) is 3.95. The van der Waals surface area contributed by atoms with Crippen molar-refractivity contribution in [1.29, 1.82) is 5.26 Å². The number of fused-ring (bicyclic) bond motifs is 18. The lowest BCUT2D eigenvalue weighted by atomic mass is 9.69. The molecule has 14 fully saturated rings. The first-order valence-corrected chi connectivity index (χ1v) is 35.2. The maximum atomic E-state index is 12.1. The molecule has 0 aromatic carbocycles. The highest BCUT2D eigenvalue weighted by Crippen LogP contribution is 2.60. The van der Waals surface area contributed by atoms with Crippen molar-refractivity contribution in [2.24, 2.45) is 106 Å². The highest BCUT2D eigenvalue weighted by atomic mass is 35.5. The van der Waals surface area contributed by atoms with Gasteiger partial charge in [0.15, 0.2) is 0 Å². The van der Waals surface area contributed by atoms with E-state index in [1.807, 2.05) is 30.8 Å². The number of nitrogens with two attached hydrogens (primary N) is 1. The summed E-state index contributed by atoms with van der Waals surface area (Å²) in [5, 5.41) is 24.7. The summed E-state index contributed by atoms with van der Waals surface area (Å²) in [5.74, 6) is 11.1. The number of nitrogens with zero attached hydrogens (tertiary/aromatic N) is 3. The van der Waals surface area contributed by atoms with Crippen LogP contribution in [0.25, 0.3) is 0 Å². The van der Waals surface area contributed by atoms with E-state index in [4.69, 9.17) is 32.1 Å². The lowest BCUT2D eigenvalue weighted by Gasteiger charge is -2.42. The van der Waals surface area contributed by atoms with Crippen LogP contribution in [0.15, 0.2) is 74.4 Å². The van der Waals surface area contributed by atoms with E-state index in [9.17, 15) is 33.9 Å². The zero-order valence-corrected chi connectivity index (χ0v) is 55.7. The Morgan fingerprint density at radius 1 is 0.533 bits per heavy atom. The van der Waals surface area contributed by atoms with Gasteiger partial charge in [0.05, 0.1) is 12.2 Å². The van der Waals surface area contributed by atoms with Gasteiger partial charge in [-0.2, -0.15) is 5.26 Å². The van der Waals surface area contributed by atoms with Gasteiger partial charge in [0.2, 0.25) is 23.6 Å². The van der Waals surface area contributed by atoms with Gasteiger partial charge in [-0.3, -0.25) is 19.2 Å². The number of aliphatic hydroxyl groups excluding tert-OH is 1. The van der Waals surface area contributed by atoms with Gasteiger partial charge in [0.1, 0.15) is 12.2 Å². The number of nitriles is 1. The topological polar surface area (TPSA) is 221 Å². The number of rotatable bonds is 12. The Balaban J connectivity index is 0.000000129. The van der Waals surface area contributed by atoms with Gasteiger partial charge in [-0.25, -0.2) is 9.59 Å². The van der Waals surface area contributed by atoms with Crippen molar-refractivity contribution in [2.75, 3.05) is 14.1 Å². The highest BCUT2D eigenvalue weighted by Gasteiger charge is 2.56. The van der Waals surface area contributed by atoms with Crippen LogP contribution in [-0.4, -0.2) is 118 Å². The predicted octanol–water partition coefficient (Wildman–Crippen LogP) is 11.5. The Bertz CT molecular complexity index is 2690.